The maximum atomic E-state index is 12.2. The molecule has 0 aliphatic carbocycles. The summed E-state index contributed by atoms with van der Waals surface area (Å²) in [5.41, 5.74) is -0.520. The van der Waals surface area contributed by atoms with Crippen LogP contribution in [0.1, 0.15) is 60.8 Å². The lowest BCUT2D eigenvalue weighted by molar-refractivity contribution is 0.00706. The first kappa shape index (κ1) is 19.2. The molecule has 1 heterocycles. The zero-order chi connectivity index (χ0) is 17.0. The number of nitrogens with zero attached hydrogens (tertiary/aromatic N) is 1. The fourth-order valence-electron chi connectivity index (χ4n) is 2.63. The van der Waals surface area contributed by atoms with Crippen LogP contribution in [0.3, 0.4) is 0 Å². The highest BCUT2D eigenvalue weighted by Gasteiger charge is 2.31. The van der Waals surface area contributed by atoms with Crippen LogP contribution in [0.4, 0.5) is 4.79 Å². The Morgan fingerprint density at radius 1 is 1.27 bits per heavy atom. The van der Waals surface area contributed by atoms with Gasteiger partial charge in [-0.05, 0) is 67.3 Å². The fraction of sp³-hybridized carbons (Fsp3) is 0.941. The summed E-state index contributed by atoms with van der Waals surface area (Å²) in [5, 5.41) is 3.59. The molecular formula is C17H34N2O3. The maximum absolute atomic E-state index is 12.2. The Bertz CT molecular complexity index is 363. The van der Waals surface area contributed by atoms with Gasteiger partial charge in [0.2, 0.25) is 0 Å². The van der Waals surface area contributed by atoms with Crippen LogP contribution in [0.15, 0.2) is 0 Å². The van der Waals surface area contributed by atoms with E-state index < -0.39 is 5.60 Å². The molecule has 0 saturated carbocycles. The van der Waals surface area contributed by atoms with Crippen molar-refractivity contribution in [3.8, 4) is 0 Å². The van der Waals surface area contributed by atoms with Crippen LogP contribution in [-0.4, -0.2) is 54.5 Å². The molecule has 0 aromatic rings. The van der Waals surface area contributed by atoms with Crippen LogP contribution in [0.2, 0.25) is 0 Å². The number of ether oxygens (including phenoxy) is 2. The van der Waals surface area contributed by atoms with Gasteiger partial charge in [-0.3, -0.25) is 0 Å². The Hall–Kier alpha value is -0.810. The zero-order valence-corrected chi connectivity index (χ0v) is 15.4. The van der Waals surface area contributed by atoms with E-state index in [1.165, 1.54) is 0 Å². The number of likely N-dealkylation sites (tertiary alicyclic amines) is 1. The Morgan fingerprint density at radius 2 is 1.91 bits per heavy atom. The normalized spacial score (nSPS) is 23.5. The summed E-state index contributed by atoms with van der Waals surface area (Å²) >= 11 is 0. The molecule has 1 N–H and O–H groups in total. The fourth-order valence-corrected chi connectivity index (χ4v) is 2.63. The third kappa shape index (κ3) is 6.53. The number of carbonyl (C=O) groups excluding carboxylic acids is 1. The van der Waals surface area contributed by atoms with E-state index in [4.69, 9.17) is 9.47 Å². The molecule has 2 atom stereocenters. The van der Waals surface area contributed by atoms with E-state index in [-0.39, 0.29) is 17.7 Å². The second kappa shape index (κ2) is 7.64. The molecule has 1 amide bonds. The lowest BCUT2D eigenvalue weighted by Crippen LogP contribution is -2.51. The topological polar surface area (TPSA) is 50.8 Å². The van der Waals surface area contributed by atoms with Crippen LogP contribution in [0.25, 0.3) is 0 Å². The summed E-state index contributed by atoms with van der Waals surface area (Å²) in [7, 11) is 1.75. The number of rotatable bonds is 5. The van der Waals surface area contributed by atoms with Crippen LogP contribution in [0.5, 0.6) is 0 Å². The van der Waals surface area contributed by atoms with Gasteiger partial charge in [0.15, 0.2) is 0 Å². The first-order valence-electron chi connectivity index (χ1n) is 8.32. The van der Waals surface area contributed by atoms with Crippen LogP contribution >= 0.6 is 0 Å². The van der Waals surface area contributed by atoms with Gasteiger partial charge in [-0.25, -0.2) is 4.79 Å². The van der Waals surface area contributed by atoms with Crippen molar-refractivity contribution in [3.63, 3.8) is 0 Å². The van der Waals surface area contributed by atoms with Crippen LogP contribution in [0, 0.1) is 0 Å². The molecular weight excluding hydrogens is 280 g/mol. The van der Waals surface area contributed by atoms with Crippen molar-refractivity contribution in [1.29, 1.82) is 0 Å². The van der Waals surface area contributed by atoms with E-state index in [0.717, 1.165) is 32.4 Å². The monoisotopic (exact) mass is 314 g/mol. The van der Waals surface area contributed by atoms with Crippen LogP contribution < -0.4 is 5.32 Å². The van der Waals surface area contributed by atoms with Gasteiger partial charge >= 0.3 is 6.09 Å². The molecule has 5 nitrogen and oxygen atoms in total. The molecule has 0 bridgehead atoms. The number of carbonyl (C=O) groups is 1. The largest absolute Gasteiger partial charge is 0.444 e. The van der Waals surface area contributed by atoms with E-state index in [9.17, 15) is 4.79 Å². The van der Waals surface area contributed by atoms with Gasteiger partial charge < -0.3 is 19.7 Å². The van der Waals surface area contributed by atoms with Gasteiger partial charge in [-0.1, -0.05) is 0 Å². The lowest BCUT2D eigenvalue weighted by Gasteiger charge is -2.39. The van der Waals surface area contributed by atoms with Gasteiger partial charge in [0.1, 0.15) is 5.60 Å². The number of piperidine rings is 1. The van der Waals surface area contributed by atoms with Crippen molar-refractivity contribution < 1.29 is 14.3 Å². The Morgan fingerprint density at radius 3 is 2.41 bits per heavy atom. The van der Waals surface area contributed by atoms with Gasteiger partial charge in [0.25, 0.3) is 0 Å². The highest BCUT2D eigenvalue weighted by Crippen LogP contribution is 2.21. The second-order valence-corrected chi connectivity index (χ2v) is 7.91. The maximum Gasteiger partial charge on any atom is 0.410 e. The van der Waals surface area contributed by atoms with Crippen LogP contribution in [-0.2, 0) is 9.47 Å². The first-order valence-corrected chi connectivity index (χ1v) is 8.32. The molecule has 1 aliphatic heterocycles. The van der Waals surface area contributed by atoms with Gasteiger partial charge in [0.05, 0.1) is 5.60 Å². The van der Waals surface area contributed by atoms with E-state index >= 15 is 0 Å². The molecule has 0 radical (unpaired) electrons. The summed E-state index contributed by atoms with van der Waals surface area (Å²) in [6.07, 6.45) is 2.72. The predicted molar refractivity (Wildman–Crippen MR) is 89.1 cm³/mol. The third-order valence-corrected chi connectivity index (χ3v) is 4.22. The molecule has 0 aromatic carbocycles. The van der Waals surface area contributed by atoms with E-state index in [1.807, 2.05) is 25.7 Å². The predicted octanol–water partition coefficient (Wildman–Crippen LogP) is 3.18. The van der Waals surface area contributed by atoms with E-state index in [1.54, 1.807) is 7.11 Å². The molecule has 22 heavy (non-hydrogen) atoms. The minimum absolute atomic E-state index is 0.0875. The van der Waals surface area contributed by atoms with Gasteiger partial charge in [-0.2, -0.15) is 0 Å². The SMILES string of the molecule is COC(C)(C)CCNC1CCN(C(=O)OC(C)(C)C)C(C)C1. The Labute approximate surface area is 135 Å². The van der Waals surface area contributed by atoms with Crippen molar-refractivity contribution >= 4 is 6.09 Å². The van der Waals surface area contributed by atoms with E-state index in [2.05, 4.69) is 26.1 Å². The summed E-state index contributed by atoms with van der Waals surface area (Å²) in [6.45, 7) is 13.7. The third-order valence-electron chi connectivity index (χ3n) is 4.22. The molecule has 130 valence electrons. The lowest BCUT2D eigenvalue weighted by atomic mass is 9.98. The molecule has 0 spiro atoms. The quantitative estimate of drug-likeness (QED) is 0.847. The molecule has 2 unspecified atom stereocenters. The van der Waals surface area contributed by atoms with Crippen molar-refractivity contribution in [2.75, 3.05) is 20.2 Å². The molecule has 1 aliphatic rings. The first-order chi connectivity index (χ1) is 10.0. The number of hydrogen-bond donors (Lipinski definition) is 1. The smallest absolute Gasteiger partial charge is 0.410 e. The summed E-state index contributed by atoms with van der Waals surface area (Å²) in [6, 6.07) is 0.665. The average molecular weight is 314 g/mol. The number of amides is 1. The molecule has 5 heteroatoms. The number of hydrogen-bond acceptors (Lipinski definition) is 4. The van der Waals surface area contributed by atoms with Gasteiger partial charge in [0, 0.05) is 25.7 Å². The molecule has 1 rings (SSSR count). The Kier molecular flexibility index (Phi) is 6.68. The summed E-state index contributed by atoms with van der Waals surface area (Å²) in [4.78, 5) is 14.0. The molecule has 1 fully saturated rings. The van der Waals surface area contributed by atoms with Crippen molar-refractivity contribution in [3.05, 3.63) is 0 Å². The van der Waals surface area contributed by atoms with Crippen molar-refractivity contribution in [2.45, 2.75) is 84.1 Å². The number of nitrogens with one attached hydrogen (secondary N) is 1. The minimum Gasteiger partial charge on any atom is -0.444 e. The zero-order valence-electron chi connectivity index (χ0n) is 15.4. The average Bonchev–Trinajstić information content (AvgIpc) is 2.36. The van der Waals surface area contributed by atoms with Crippen molar-refractivity contribution in [2.24, 2.45) is 0 Å². The summed E-state index contributed by atoms with van der Waals surface area (Å²) in [5.74, 6) is 0. The number of methoxy groups -OCH3 is 1. The Balaban J connectivity index is 2.38. The molecule has 0 aromatic heterocycles. The van der Waals surface area contributed by atoms with Crippen molar-refractivity contribution in [1.82, 2.24) is 10.2 Å². The summed E-state index contributed by atoms with van der Waals surface area (Å²) < 4.78 is 10.9. The highest BCUT2D eigenvalue weighted by atomic mass is 16.6. The minimum atomic E-state index is -0.433. The standard InChI is InChI=1S/C17H34N2O3/c1-13-12-14(18-10-9-17(5,6)21-7)8-11-19(13)15(20)22-16(2,3)4/h13-14,18H,8-12H2,1-7H3. The second-order valence-electron chi connectivity index (χ2n) is 7.91. The van der Waals surface area contributed by atoms with Gasteiger partial charge in [-0.15, -0.1) is 0 Å². The highest BCUT2D eigenvalue weighted by molar-refractivity contribution is 5.68. The van der Waals surface area contributed by atoms with E-state index in [0.29, 0.717) is 6.04 Å². The molecule has 1 saturated heterocycles.